The molecule has 0 aliphatic heterocycles. The first-order chi connectivity index (χ1) is 7.09. The van der Waals surface area contributed by atoms with Crippen molar-refractivity contribution in [3.05, 3.63) is 18.2 Å². The second-order valence-electron chi connectivity index (χ2n) is 3.54. The van der Waals surface area contributed by atoms with E-state index < -0.39 is 5.82 Å². The predicted molar refractivity (Wildman–Crippen MR) is 55.0 cm³/mol. The van der Waals surface area contributed by atoms with Crippen LogP contribution in [0.25, 0.3) is 0 Å². The highest BCUT2D eigenvalue weighted by atomic mass is 19.1. The van der Waals surface area contributed by atoms with E-state index in [-0.39, 0.29) is 11.5 Å². The molecule has 0 amide bonds. The second-order valence-corrected chi connectivity index (χ2v) is 3.54. The molecule has 0 bridgehead atoms. The van der Waals surface area contributed by atoms with Gasteiger partial charge in [-0.2, -0.15) is 0 Å². The molecular formula is C10H16FN3O. The van der Waals surface area contributed by atoms with Gasteiger partial charge in [0.15, 0.2) is 5.82 Å². The number of nitrogens with two attached hydrogens (primary N) is 1. The smallest absolute Gasteiger partial charge is 0.316 e. The maximum absolute atomic E-state index is 12.5. The van der Waals surface area contributed by atoms with Gasteiger partial charge in [0.05, 0.1) is 12.4 Å². The van der Waals surface area contributed by atoms with Crippen LogP contribution in [0.3, 0.4) is 0 Å². The maximum Gasteiger partial charge on any atom is 0.316 e. The molecule has 0 atom stereocenters. The van der Waals surface area contributed by atoms with Gasteiger partial charge in [0.25, 0.3) is 0 Å². The number of rotatable bonds is 5. The molecule has 1 heterocycles. The minimum atomic E-state index is -0.479. The molecule has 5 heteroatoms. The molecule has 0 fully saturated rings. The second kappa shape index (κ2) is 5.02. The van der Waals surface area contributed by atoms with Gasteiger partial charge >= 0.3 is 6.01 Å². The van der Waals surface area contributed by atoms with Crippen LogP contribution in [0.1, 0.15) is 26.7 Å². The molecule has 1 aromatic rings. The molecule has 0 radical (unpaired) electrons. The minimum Gasteiger partial charge on any atom is -0.462 e. The first-order valence-electron chi connectivity index (χ1n) is 4.99. The molecule has 0 unspecified atom stereocenters. The number of aromatic nitrogens is 2. The number of hydrogen-bond acceptors (Lipinski definition) is 4. The lowest BCUT2D eigenvalue weighted by molar-refractivity contribution is 0.193. The Labute approximate surface area is 88.7 Å². The van der Waals surface area contributed by atoms with Crippen LogP contribution in [0.2, 0.25) is 0 Å². The Hall–Kier alpha value is -1.23. The highest BCUT2D eigenvalue weighted by Gasteiger charge is 2.21. The Kier molecular flexibility index (Phi) is 3.96. The average molecular weight is 213 g/mol. The molecule has 0 aliphatic carbocycles. The van der Waals surface area contributed by atoms with Gasteiger partial charge in [-0.3, -0.25) is 0 Å². The van der Waals surface area contributed by atoms with E-state index in [1.54, 1.807) is 0 Å². The zero-order valence-corrected chi connectivity index (χ0v) is 9.03. The number of ether oxygens (including phenoxy) is 1. The highest BCUT2D eigenvalue weighted by Crippen LogP contribution is 2.12. The summed E-state index contributed by atoms with van der Waals surface area (Å²) in [7, 11) is 0. The van der Waals surface area contributed by atoms with Gasteiger partial charge in [0.1, 0.15) is 6.61 Å². The van der Waals surface area contributed by atoms with E-state index in [1.807, 2.05) is 13.8 Å². The van der Waals surface area contributed by atoms with Crippen molar-refractivity contribution in [2.45, 2.75) is 32.2 Å². The van der Waals surface area contributed by atoms with Crippen LogP contribution in [0.5, 0.6) is 6.01 Å². The summed E-state index contributed by atoms with van der Waals surface area (Å²) in [5.74, 6) is -0.479. The van der Waals surface area contributed by atoms with Crippen LogP contribution in [0.4, 0.5) is 4.39 Å². The molecule has 84 valence electrons. The third-order valence-electron chi connectivity index (χ3n) is 2.49. The molecule has 0 spiro atoms. The van der Waals surface area contributed by atoms with Gasteiger partial charge in [0, 0.05) is 5.54 Å². The molecule has 2 N–H and O–H groups in total. The molecule has 0 saturated carbocycles. The van der Waals surface area contributed by atoms with Crippen molar-refractivity contribution in [3.63, 3.8) is 0 Å². The Bertz CT molecular complexity index is 298. The fourth-order valence-corrected chi connectivity index (χ4v) is 1.04. The lowest BCUT2D eigenvalue weighted by Crippen LogP contribution is -2.44. The predicted octanol–water partition coefficient (Wildman–Crippen LogP) is 1.51. The molecule has 4 nitrogen and oxygen atoms in total. The van der Waals surface area contributed by atoms with E-state index in [1.165, 1.54) is 0 Å². The van der Waals surface area contributed by atoms with Crippen molar-refractivity contribution in [1.29, 1.82) is 0 Å². The molecule has 1 aromatic heterocycles. The molecular weight excluding hydrogens is 197 g/mol. The van der Waals surface area contributed by atoms with Crippen molar-refractivity contribution in [2.75, 3.05) is 6.61 Å². The van der Waals surface area contributed by atoms with Crippen molar-refractivity contribution in [3.8, 4) is 6.01 Å². The van der Waals surface area contributed by atoms with Crippen LogP contribution >= 0.6 is 0 Å². The topological polar surface area (TPSA) is 61.0 Å². The first-order valence-corrected chi connectivity index (χ1v) is 4.99. The summed E-state index contributed by atoms with van der Waals surface area (Å²) in [5, 5.41) is 0. The third-order valence-corrected chi connectivity index (χ3v) is 2.49. The van der Waals surface area contributed by atoms with Gasteiger partial charge in [0.2, 0.25) is 0 Å². The zero-order valence-electron chi connectivity index (χ0n) is 9.03. The summed E-state index contributed by atoms with van der Waals surface area (Å²) in [5.41, 5.74) is 5.66. The number of nitrogens with zero attached hydrogens (tertiary/aromatic N) is 2. The van der Waals surface area contributed by atoms with Gasteiger partial charge < -0.3 is 10.5 Å². The third kappa shape index (κ3) is 3.43. The van der Waals surface area contributed by atoms with Crippen molar-refractivity contribution in [2.24, 2.45) is 5.73 Å². The number of hydrogen-bond donors (Lipinski definition) is 1. The largest absolute Gasteiger partial charge is 0.462 e. The monoisotopic (exact) mass is 213 g/mol. The van der Waals surface area contributed by atoms with Crippen LogP contribution in [-0.4, -0.2) is 22.1 Å². The molecule has 0 aromatic carbocycles. The highest BCUT2D eigenvalue weighted by molar-refractivity contribution is 4.96. The van der Waals surface area contributed by atoms with Gasteiger partial charge in [-0.1, -0.05) is 13.8 Å². The van der Waals surface area contributed by atoms with E-state index in [4.69, 9.17) is 10.5 Å². The fourth-order valence-electron chi connectivity index (χ4n) is 1.04. The molecule has 15 heavy (non-hydrogen) atoms. The van der Waals surface area contributed by atoms with Crippen molar-refractivity contribution < 1.29 is 9.13 Å². The van der Waals surface area contributed by atoms with Crippen LogP contribution in [-0.2, 0) is 0 Å². The summed E-state index contributed by atoms with van der Waals surface area (Å²) in [4.78, 5) is 7.37. The van der Waals surface area contributed by atoms with E-state index in [9.17, 15) is 4.39 Å². The molecule has 0 aliphatic rings. The average Bonchev–Trinajstić information content (AvgIpc) is 2.28. The quantitative estimate of drug-likeness (QED) is 0.805. The normalized spacial score (nSPS) is 11.5. The Morgan fingerprint density at radius 3 is 2.33 bits per heavy atom. The summed E-state index contributed by atoms with van der Waals surface area (Å²) < 4.78 is 17.8. The Morgan fingerprint density at radius 2 is 1.87 bits per heavy atom. The summed E-state index contributed by atoms with van der Waals surface area (Å²) in [6.07, 6.45) is 3.76. The van der Waals surface area contributed by atoms with Crippen LogP contribution < -0.4 is 10.5 Å². The lowest BCUT2D eigenvalue weighted by Gasteiger charge is -2.25. The van der Waals surface area contributed by atoms with Crippen LogP contribution in [0, 0.1) is 5.82 Å². The minimum absolute atomic E-state index is 0.160. The summed E-state index contributed by atoms with van der Waals surface area (Å²) >= 11 is 0. The lowest BCUT2D eigenvalue weighted by atomic mass is 9.96. The Balaban J connectivity index is 2.53. The molecule has 0 saturated heterocycles. The van der Waals surface area contributed by atoms with E-state index >= 15 is 0 Å². The first kappa shape index (κ1) is 11.8. The number of halogens is 1. The summed E-state index contributed by atoms with van der Waals surface area (Å²) in [6, 6.07) is 0.160. The van der Waals surface area contributed by atoms with Crippen LogP contribution in [0.15, 0.2) is 12.4 Å². The van der Waals surface area contributed by atoms with E-state index in [2.05, 4.69) is 9.97 Å². The van der Waals surface area contributed by atoms with Crippen molar-refractivity contribution in [1.82, 2.24) is 9.97 Å². The SMILES string of the molecule is CCC(N)(CC)COc1ncc(F)cn1. The summed E-state index contributed by atoms with van der Waals surface area (Å²) in [6.45, 7) is 4.34. The van der Waals surface area contributed by atoms with Crippen molar-refractivity contribution >= 4 is 0 Å². The van der Waals surface area contributed by atoms with E-state index in [0.29, 0.717) is 6.61 Å². The van der Waals surface area contributed by atoms with Gasteiger partial charge in [-0.15, -0.1) is 0 Å². The van der Waals surface area contributed by atoms with Gasteiger partial charge in [-0.25, -0.2) is 14.4 Å². The fraction of sp³-hybridized carbons (Fsp3) is 0.600. The molecule has 1 rings (SSSR count). The zero-order chi connectivity index (χ0) is 11.3. The van der Waals surface area contributed by atoms with Gasteiger partial charge in [-0.05, 0) is 12.8 Å². The Morgan fingerprint density at radius 1 is 1.33 bits per heavy atom. The standard InChI is InChI=1S/C10H16FN3O/c1-3-10(12,4-2)7-15-9-13-5-8(11)6-14-9/h5-6H,3-4,7,12H2,1-2H3. The maximum atomic E-state index is 12.5. The van der Waals surface area contributed by atoms with E-state index in [0.717, 1.165) is 25.2 Å².